The molecular formula is C26H26F2N4O3. The van der Waals surface area contributed by atoms with Gasteiger partial charge in [-0.3, -0.25) is 20.0 Å². The van der Waals surface area contributed by atoms with Gasteiger partial charge in [-0.2, -0.15) is 5.26 Å². The molecule has 0 radical (unpaired) electrons. The topological polar surface area (TPSA) is 118 Å². The molecule has 9 heteroatoms. The highest BCUT2D eigenvalue weighted by Crippen LogP contribution is 2.59. The number of esters is 1. The van der Waals surface area contributed by atoms with E-state index in [0.717, 1.165) is 16.7 Å². The van der Waals surface area contributed by atoms with Gasteiger partial charge in [-0.05, 0) is 37.5 Å². The summed E-state index contributed by atoms with van der Waals surface area (Å²) in [7, 11) is 0. The lowest BCUT2D eigenvalue weighted by Gasteiger charge is -2.46. The Morgan fingerprint density at radius 1 is 1.31 bits per heavy atom. The maximum atomic E-state index is 15.1. The number of fused-ring (bicyclic) bond motifs is 1. The molecule has 5 atom stereocenters. The smallest absolute Gasteiger partial charge is 0.322 e. The van der Waals surface area contributed by atoms with Gasteiger partial charge in [0, 0.05) is 35.6 Å². The monoisotopic (exact) mass is 480 g/mol. The second-order valence-electron chi connectivity index (χ2n) is 9.32. The SMILES string of the molecule is Cc1cccc(-c2ccc(/C=C/[C@@H]3[C@@H]4[C@@H](C)OC(=O)[C@]4(C(=O)NN)CC(F)(F)[C@H]3C)nc2)c1C#N. The lowest BCUT2D eigenvalue weighted by atomic mass is 9.56. The molecule has 1 amide bonds. The number of nitrogens with two attached hydrogens (primary N) is 1. The molecular weight excluding hydrogens is 454 g/mol. The molecule has 2 heterocycles. The summed E-state index contributed by atoms with van der Waals surface area (Å²) in [6.45, 7) is 4.87. The van der Waals surface area contributed by atoms with E-state index in [2.05, 4.69) is 11.1 Å². The van der Waals surface area contributed by atoms with E-state index in [-0.39, 0.29) is 0 Å². The number of rotatable bonds is 4. The highest BCUT2D eigenvalue weighted by Gasteiger charge is 2.71. The van der Waals surface area contributed by atoms with E-state index in [1.807, 2.05) is 30.5 Å². The van der Waals surface area contributed by atoms with E-state index in [1.54, 1.807) is 37.4 Å². The first-order valence-electron chi connectivity index (χ1n) is 11.3. The van der Waals surface area contributed by atoms with Crippen LogP contribution in [0.2, 0.25) is 0 Å². The molecule has 1 aromatic heterocycles. The predicted octanol–water partition coefficient (Wildman–Crippen LogP) is 3.77. The lowest BCUT2D eigenvalue weighted by Crippen LogP contribution is -2.60. The minimum atomic E-state index is -3.29. The van der Waals surface area contributed by atoms with Crippen molar-refractivity contribution in [3.63, 3.8) is 0 Å². The standard InChI is InChI=1S/C26H26F2N4O3/c1-14-5-4-6-20(21(14)11-29)17-7-8-18(31-12-17)9-10-19-15(2)26(27,28)13-25(23(33)32-30)22(19)16(3)35-24(25)34/h4-10,12,15-16,19,22H,13,30H2,1-3H3,(H,32,33)/b10-9+/t15-,16+,19-,22-,25+/m0/s1. The summed E-state index contributed by atoms with van der Waals surface area (Å²) in [6.07, 6.45) is 3.11. The molecule has 1 aliphatic carbocycles. The Morgan fingerprint density at radius 3 is 2.69 bits per heavy atom. The van der Waals surface area contributed by atoms with Gasteiger partial charge in [-0.15, -0.1) is 0 Å². The third-order valence-electron chi connectivity index (χ3n) is 7.41. The van der Waals surface area contributed by atoms with Gasteiger partial charge in [0.15, 0.2) is 5.41 Å². The third kappa shape index (κ3) is 3.88. The largest absolute Gasteiger partial charge is 0.461 e. The van der Waals surface area contributed by atoms with E-state index in [9.17, 15) is 14.9 Å². The Balaban J connectivity index is 1.68. The van der Waals surface area contributed by atoms with Gasteiger partial charge in [0.25, 0.3) is 11.8 Å². The van der Waals surface area contributed by atoms with Crippen molar-refractivity contribution >= 4 is 18.0 Å². The number of nitrogens with zero attached hydrogens (tertiary/aromatic N) is 2. The maximum absolute atomic E-state index is 15.1. The van der Waals surface area contributed by atoms with Crippen molar-refractivity contribution in [3.8, 4) is 17.2 Å². The molecule has 3 N–H and O–H groups in total. The maximum Gasteiger partial charge on any atom is 0.322 e. The molecule has 0 bridgehead atoms. The first-order valence-corrected chi connectivity index (χ1v) is 11.3. The molecule has 182 valence electrons. The Hall–Kier alpha value is -3.64. The van der Waals surface area contributed by atoms with Crippen LogP contribution in [0.15, 0.2) is 42.6 Å². The van der Waals surface area contributed by atoms with Crippen LogP contribution in [-0.4, -0.2) is 28.9 Å². The fourth-order valence-corrected chi connectivity index (χ4v) is 5.51. The molecule has 0 unspecified atom stereocenters. The van der Waals surface area contributed by atoms with Crippen molar-refractivity contribution in [2.75, 3.05) is 0 Å². The van der Waals surface area contributed by atoms with Gasteiger partial charge in [0.05, 0.1) is 11.3 Å². The van der Waals surface area contributed by atoms with Crippen LogP contribution in [0.4, 0.5) is 8.78 Å². The van der Waals surface area contributed by atoms with Crippen LogP contribution < -0.4 is 11.3 Å². The summed E-state index contributed by atoms with van der Waals surface area (Å²) in [5.41, 5.74) is 3.27. The Labute approximate surface area is 202 Å². The number of alkyl halides is 2. The van der Waals surface area contributed by atoms with E-state index in [4.69, 9.17) is 10.6 Å². The number of halogens is 2. The van der Waals surface area contributed by atoms with Crippen LogP contribution in [0.3, 0.4) is 0 Å². The zero-order valence-electron chi connectivity index (χ0n) is 19.6. The number of amides is 1. The average Bonchev–Trinajstić information content (AvgIpc) is 3.08. The van der Waals surface area contributed by atoms with Gasteiger partial charge in [-0.25, -0.2) is 14.6 Å². The molecule has 1 aromatic carbocycles. The minimum Gasteiger partial charge on any atom is -0.461 e. The normalized spacial score (nSPS) is 29.3. The molecule has 7 nitrogen and oxygen atoms in total. The molecule has 2 aromatic rings. The lowest BCUT2D eigenvalue weighted by molar-refractivity contribution is -0.178. The number of nitrogens with one attached hydrogen (secondary N) is 1. The van der Waals surface area contributed by atoms with Crippen molar-refractivity contribution < 1.29 is 23.1 Å². The molecule has 0 spiro atoms. The molecule has 4 rings (SSSR count). The quantitative estimate of drug-likeness (QED) is 0.226. The molecule has 1 aliphatic heterocycles. The summed E-state index contributed by atoms with van der Waals surface area (Å²) >= 11 is 0. The predicted molar refractivity (Wildman–Crippen MR) is 124 cm³/mol. The van der Waals surface area contributed by atoms with Crippen LogP contribution in [-0.2, 0) is 14.3 Å². The number of carbonyl (C=O) groups excluding carboxylic acids is 2. The fraction of sp³-hybridized carbons (Fsp3) is 0.385. The first kappa shape index (κ1) is 24.5. The second kappa shape index (κ2) is 8.86. The van der Waals surface area contributed by atoms with Crippen LogP contribution in [0.25, 0.3) is 17.2 Å². The zero-order chi connectivity index (χ0) is 25.5. The number of aromatic nitrogens is 1. The highest BCUT2D eigenvalue weighted by molar-refractivity contribution is 6.04. The molecule has 2 fully saturated rings. The summed E-state index contributed by atoms with van der Waals surface area (Å²) in [4.78, 5) is 29.7. The number of benzene rings is 1. The Kier molecular flexibility index (Phi) is 6.20. The molecule has 1 saturated carbocycles. The molecule has 2 aliphatic rings. The van der Waals surface area contributed by atoms with Gasteiger partial charge < -0.3 is 4.74 Å². The second-order valence-corrected chi connectivity index (χ2v) is 9.32. The van der Waals surface area contributed by atoms with Crippen LogP contribution >= 0.6 is 0 Å². The van der Waals surface area contributed by atoms with Gasteiger partial charge in [-0.1, -0.05) is 37.3 Å². The van der Waals surface area contributed by atoms with Crippen molar-refractivity contribution in [1.29, 1.82) is 5.26 Å². The number of cyclic esters (lactones) is 1. The summed E-state index contributed by atoms with van der Waals surface area (Å²) in [5.74, 6) is -2.75. The number of pyridine rings is 1. The Morgan fingerprint density at radius 2 is 2.06 bits per heavy atom. The van der Waals surface area contributed by atoms with Gasteiger partial charge >= 0.3 is 5.97 Å². The van der Waals surface area contributed by atoms with E-state index in [1.165, 1.54) is 6.92 Å². The average molecular weight is 481 g/mol. The van der Waals surface area contributed by atoms with E-state index in [0.29, 0.717) is 11.3 Å². The first-order chi connectivity index (χ1) is 16.6. The van der Waals surface area contributed by atoms with Crippen molar-refractivity contribution in [2.45, 2.75) is 39.2 Å². The molecule has 35 heavy (non-hydrogen) atoms. The number of hydrogen-bond acceptors (Lipinski definition) is 6. The van der Waals surface area contributed by atoms with Crippen molar-refractivity contribution in [2.24, 2.45) is 29.0 Å². The highest BCUT2D eigenvalue weighted by atomic mass is 19.3. The van der Waals surface area contributed by atoms with Crippen molar-refractivity contribution in [1.82, 2.24) is 10.4 Å². The number of ether oxygens (including phenoxy) is 1. The number of aryl methyl sites for hydroxylation is 1. The summed E-state index contributed by atoms with van der Waals surface area (Å²) in [5, 5.41) is 9.49. The summed E-state index contributed by atoms with van der Waals surface area (Å²) < 4.78 is 35.5. The number of allylic oxidation sites excluding steroid dienone is 1. The third-order valence-corrected chi connectivity index (χ3v) is 7.41. The minimum absolute atomic E-state index is 0.507. The van der Waals surface area contributed by atoms with Crippen LogP contribution in [0.1, 0.15) is 37.1 Å². The number of carbonyl (C=O) groups is 2. The van der Waals surface area contributed by atoms with Crippen molar-refractivity contribution in [3.05, 3.63) is 59.4 Å². The van der Waals surface area contributed by atoms with Crippen LogP contribution in [0, 0.1) is 41.4 Å². The zero-order valence-corrected chi connectivity index (χ0v) is 19.6. The van der Waals surface area contributed by atoms with E-state index < -0.39 is 53.5 Å². The van der Waals surface area contributed by atoms with E-state index >= 15 is 8.78 Å². The fourth-order valence-electron chi connectivity index (χ4n) is 5.51. The van der Waals surface area contributed by atoms with Gasteiger partial charge in [0.1, 0.15) is 12.2 Å². The summed E-state index contributed by atoms with van der Waals surface area (Å²) in [6, 6.07) is 11.3. The number of nitriles is 1. The van der Waals surface area contributed by atoms with Gasteiger partial charge in [0.2, 0.25) is 0 Å². The number of hydrazine groups is 1. The van der Waals surface area contributed by atoms with Crippen LogP contribution in [0.5, 0.6) is 0 Å². The Bertz CT molecular complexity index is 1230. The number of hydrogen-bond donors (Lipinski definition) is 2. The molecule has 1 saturated heterocycles.